The van der Waals surface area contributed by atoms with Crippen LogP contribution in [0.4, 0.5) is 4.39 Å². The van der Waals surface area contributed by atoms with Crippen molar-refractivity contribution in [3.63, 3.8) is 0 Å². The lowest BCUT2D eigenvalue weighted by molar-refractivity contribution is 0.624. The van der Waals surface area contributed by atoms with E-state index in [1.54, 1.807) is 6.07 Å². The van der Waals surface area contributed by atoms with Gasteiger partial charge in [0.05, 0.1) is 0 Å². The maximum Gasteiger partial charge on any atom is 0.131 e. The van der Waals surface area contributed by atoms with Gasteiger partial charge in [-0.05, 0) is 25.1 Å². The molecule has 0 atom stereocenters. The third kappa shape index (κ3) is 2.22. The van der Waals surface area contributed by atoms with E-state index in [1.165, 1.54) is 11.6 Å². The molecule has 1 heterocycles. The van der Waals surface area contributed by atoms with E-state index < -0.39 is 0 Å². The highest BCUT2D eigenvalue weighted by molar-refractivity contribution is 9.10. The molecular formula is C11H11BrFN. The zero-order valence-electron chi connectivity index (χ0n) is 7.69. The molecule has 2 rings (SSSR count). The summed E-state index contributed by atoms with van der Waals surface area (Å²) < 4.78 is 14.2. The number of halogens is 2. The van der Waals surface area contributed by atoms with Gasteiger partial charge in [0.2, 0.25) is 0 Å². The summed E-state index contributed by atoms with van der Waals surface area (Å²) in [5.41, 5.74) is 1.94. The average molecular weight is 256 g/mol. The first kappa shape index (κ1) is 9.87. The smallest absolute Gasteiger partial charge is 0.131 e. The van der Waals surface area contributed by atoms with Gasteiger partial charge >= 0.3 is 0 Å². The molecule has 3 heteroatoms. The quantitative estimate of drug-likeness (QED) is 0.814. The van der Waals surface area contributed by atoms with E-state index in [0.29, 0.717) is 5.56 Å². The fourth-order valence-corrected chi connectivity index (χ4v) is 1.88. The Kier molecular flexibility index (Phi) is 2.99. The molecule has 0 unspecified atom stereocenters. The summed E-state index contributed by atoms with van der Waals surface area (Å²) in [6.45, 7) is 1.89. The van der Waals surface area contributed by atoms with Gasteiger partial charge in [-0.1, -0.05) is 33.6 Å². The van der Waals surface area contributed by atoms with Crippen molar-refractivity contribution in [3.8, 4) is 0 Å². The summed E-state index contributed by atoms with van der Waals surface area (Å²) in [7, 11) is 0. The number of hydrogen-bond donors (Lipinski definition) is 1. The lowest BCUT2D eigenvalue weighted by atomic mass is 10.1. The van der Waals surface area contributed by atoms with Crippen LogP contribution in [0.25, 0.3) is 6.08 Å². The summed E-state index contributed by atoms with van der Waals surface area (Å²) in [6.07, 6.45) is 2.96. The second-order valence-corrected chi connectivity index (χ2v) is 4.31. The standard InChI is InChI=1S/C11H11BrFN/c12-10-2-1-9(11(13)6-10)5-8-3-4-14-7-8/h1-2,5-6,14H,3-4,7H2. The maximum atomic E-state index is 13.4. The van der Waals surface area contributed by atoms with Crippen molar-refractivity contribution in [1.82, 2.24) is 5.32 Å². The van der Waals surface area contributed by atoms with Crippen molar-refractivity contribution in [2.75, 3.05) is 13.1 Å². The van der Waals surface area contributed by atoms with E-state index in [0.717, 1.165) is 24.0 Å². The SMILES string of the molecule is Fc1cc(Br)ccc1C=C1CCNC1. The van der Waals surface area contributed by atoms with Crippen LogP contribution in [0.5, 0.6) is 0 Å². The molecule has 1 fully saturated rings. The molecule has 0 amide bonds. The largest absolute Gasteiger partial charge is 0.313 e. The van der Waals surface area contributed by atoms with Crippen LogP contribution < -0.4 is 5.32 Å². The van der Waals surface area contributed by atoms with Crippen LogP contribution in [0.1, 0.15) is 12.0 Å². The second-order valence-electron chi connectivity index (χ2n) is 3.40. The third-order valence-electron chi connectivity index (χ3n) is 2.30. The van der Waals surface area contributed by atoms with Crippen LogP contribution in [0.3, 0.4) is 0 Å². The first-order valence-electron chi connectivity index (χ1n) is 4.61. The van der Waals surface area contributed by atoms with Crippen LogP contribution in [-0.4, -0.2) is 13.1 Å². The van der Waals surface area contributed by atoms with Gasteiger partial charge < -0.3 is 5.32 Å². The third-order valence-corrected chi connectivity index (χ3v) is 2.79. The first-order valence-corrected chi connectivity index (χ1v) is 5.40. The summed E-state index contributed by atoms with van der Waals surface area (Å²) in [6, 6.07) is 5.15. The topological polar surface area (TPSA) is 12.0 Å². The molecule has 1 aliphatic heterocycles. The van der Waals surface area contributed by atoms with Crippen molar-refractivity contribution in [2.24, 2.45) is 0 Å². The fourth-order valence-electron chi connectivity index (χ4n) is 1.55. The molecule has 1 aliphatic rings. The van der Waals surface area contributed by atoms with E-state index >= 15 is 0 Å². The van der Waals surface area contributed by atoms with Gasteiger partial charge in [-0.25, -0.2) is 4.39 Å². The van der Waals surface area contributed by atoms with E-state index in [1.807, 2.05) is 12.1 Å². The second kappa shape index (κ2) is 4.24. The summed E-state index contributed by atoms with van der Waals surface area (Å²) in [4.78, 5) is 0. The molecule has 0 bridgehead atoms. The van der Waals surface area contributed by atoms with Crippen LogP contribution in [0.2, 0.25) is 0 Å². The molecular weight excluding hydrogens is 245 g/mol. The lowest BCUT2D eigenvalue weighted by Crippen LogP contribution is -2.04. The molecule has 1 N–H and O–H groups in total. The van der Waals surface area contributed by atoms with Gasteiger partial charge in [-0.3, -0.25) is 0 Å². The number of hydrogen-bond acceptors (Lipinski definition) is 1. The van der Waals surface area contributed by atoms with E-state index in [4.69, 9.17) is 0 Å². The Labute approximate surface area is 91.1 Å². The number of rotatable bonds is 1. The van der Waals surface area contributed by atoms with Gasteiger partial charge in [0.25, 0.3) is 0 Å². The minimum atomic E-state index is -0.168. The molecule has 1 aromatic carbocycles. The van der Waals surface area contributed by atoms with Crippen LogP contribution in [-0.2, 0) is 0 Å². The highest BCUT2D eigenvalue weighted by Gasteiger charge is 2.07. The summed E-state index contributed by atoms with van der Waals surface area (Å²) in [5.74, 6) is -0.168. The fraction of sp³-hybridized carbons (Fsp3) is 0.273. The first-order chi connectivity index (χ1) is 6.75. The van der Waals surface area contributed by atoms with Gasteiger partial charge in [0.1, 0.15) is 5.82 Å². The predicted octanol–water partition coefficient (Wildman–Crippen LogP) is 2.96. The van der Waals surface area contributed by atoms with Crippen molar-refractivity contribution in [3.05, 3.63) is 39.6 Å². The van der Waals surface area contributed by atoms with Gasteiger partial charge in [-0.15, -0.1) is 0 Å². The highest BCUT2D eigenvalue weighted by Crippen LogP contribution is 2.19. The average Bonchev–Trinajstić information content (AvgIpc) is 2.62. The highest BCUT2D eigenvalue weighted by atomic mass is 79.9. The van der Waals surface area contributed by atoms with Gasteiger partial charge in [-0.2, -0.15) is 0 Å². The number of benzene rings is 1. The Morgan fingerprint density at radius 1 is 1.43 bits per heavy atom. The van der Waals surface area contributed by atoms with Crippen LogP contribution in [0.15, 0.2) is 28.2 Å². The molecule has 1 saturated heterocycles. The van der Waals surface area contributed by atoms with Crippen molar-refractivity contribution in [1.29, 1.82) is 0 Å². The Hall–Kier alpha value is -0.670. The van der Waals surface area contributed by atoms with E-state index in [-0.39, 0.29) is 5.82 Å². The molecule has 14 heavy (non-hydrogen) atoms. The minimum Gasteiger partial charge on any atom is -0.313 e. The molecule has 0 aliphatic carbocycles. The van der Waals surface area contributed by atoms with Crippen LogP contribution in [0, 0.1) is 5.82 Å². The van der Waals surface area contributed by atoms with Crippen molar-refractivity contribution >= 4 is 22.0 Å². The van der Waals surface area contributed by atoms with Gasteiger partial charge in [0, 0.05) is 16.6 Å². The normalized spacial score (nSPS) is 19.1. The molecule has 1 aromatic rings. The van der Waals surface area contributed by atoms with Gasteiger partial charge in [0.15, 0.2) is 0 Å². The minimum absolute atomic E-state index is 0.168. The maximum absolute atomic E-state index is 13.4. The molecule has 0 saturated carbocycles. The van der Waals surface area contributed by atoms with Crippen LogP contribution >= 0.6 is 15.9 Å². The van der Waals surface area contributed by atoms with Crippen molar-refractivity contribution in [2.45, 2.75) is 6.42 Å². The molecule has 1 nitrogen and oxygen atoms in total. The summed E-state index contributed by atoms with van der Waals surface area (Å²) in [5, 5.41) is 3.22. The molecule has 74 valence electrons. The van der Waals surface area contributed by atoms with E-state index in [9.17, 15) is 4.39 Å². The Bertz CT molecular complexity index is 366. The lowest BCUT2D eigenvalue weighted by Gasteiger charge is -1.99. The molecule has 0 spiro atoms. The van der Waals surface area contributed by atoms with Crippen molar-refractivity contribution < 1.29 is 4.39 Å². The Morgan fingerprint density at radius 3 is 2.93 bits per heavy atom. The zero-order chi connectivity index (χ0) is 9.97. The monoisotopic (exact) mass is 255 g/mol. The number of nitrogens with one attached hydrogen (secondary N) is 1. The summed E-state index contributed by atoms with van der Waals surface area (Å²) >= 11 is 3.24. The molecule has 0 radical (unpaired) electrons. The predicted molar refractivity (Wildman–Crippen MR) is 59.6 cm³/mol. The zero-order valence-corrected chi connectivity index (χ0v) is 9.27. The Balaban J connectivity index is 2.28. The Morgan fingerprint density at radius 2 is 2.29 bits per heavy atom. The molecule has 0 aromatic heterocycles. The van der Waals surface area contributed by atoms with E-state index in [2.05, 4.69) is 21.2 Å².